The minimum Gasteiger partial charge on any atom is -0.349 e. The molecule has 2 rings (SSSR count). The van der Waals surface area contributed by atoms with Crippen LogP contribution in [0.5, 0.6) is 0 Å². The van der Waals surface area contributed by atoms with Gasteiger partial charge in [-0.15, -0.1) is 0 Å². The predicted octanol–water partition coefficient (Wildman–Crippen LogP) is -0.216. The molecule has 0 aromatic rings. The minimum absolute atomic E-state index is 0.00283. The summed E-state index contributed by atoms with van der Waals surface area (Å²) in [5.74, 6) is -0.128. The molecule has 0 spiro atoms. The Morgan fingerprint density at radius 1 is 1.43 bits per heavy atom. The van der Waals surface area contributed by atoms with Crippen molar-refractivity contribution < 1.29 is 9.59 Å². The Morgan fingerprint density at radius 3 is 2.67 bits per heavy atom. The molecule has 6 heteroatoms. The average molecular weight is 296 g/mol. The Bertz CT molecular complexity index is 391. The third-order valence-corrected chi connectivity index (χ3v) is 4.74. The topological polar surface area (TPSA) is 78.7 Å². The number of likely N-dealkylation sites (tertiary alicyclic amines) is 1. The number of hydrogen-bond acceptors (Lipinski definition) is 4. The second-order valence-electron chi connectivity index (χ2n) is 6.72. The van der Waals surface area contributed by atoms with Gasteiger partial charge in [0.25, 0.3) is 0 Å². The van der Waals surface area contributed by atoms with E-state index in [4.69, 9.17) is 5.73 Å². The summed E-state index contributed by atoms with van der Waals surface area (Å²) in [7, 11) is 3.96. The summed E-state index contributed by atoms with van der Waals surface area (Å²) in [6.45, 7) is 2.55. The highest BCUT2D eigenvalue weighted by Crippen LogP contribution is 2.29. The lowest BCUT2D eigenvalue weighted by Crippen LogP contribution is -2.53. The van der Waals surface area contributed by atoms with Crippen LogP contribution in [0.4, 0.5) is 0 Å². The summed E-state index contributed by atoms with van der Waals surface area (Å²) in [4.78, 5) is 28.3. The summed E-state index contributed by atoms with van der Waals surface area (Å²) >= 11 is 0. The molecule has 2 aliphatic rings. The van der Waals surface area contributed by atoms with Gasteiger partial charge in [-0.25, -0.2) is 0 Å². The normalized spacial score (nSPS) is 24.9. The van der Waals surface area contributed by atoms with E-state index in [1.807, 2.05) is 19.0 Å². The molecular formula is C15H28N4O2. The maximum atomic E-state index is 12.4. The van der Waals surface area contributed by atoms with Crippen LogP contribution < -0.4 is 11.1 Å². The first kappa shape index (κ1) is 16.2. The van der Waals surface area contributed by atoms with Gasteiger partial charge < -0.3 is 20.9 Å². The zero-order valence-electron chi connectivity index (χ0n) is 13.2. The van der Waals surface area contributed by atoms with Crippen LogP contribution in [0, 0.1) is 5.92 Å². The molecule has 1 saturated carbocycles. The summed E-state index contributed by atoms with van der Waals surface area (Å²) in [5, 5.41) is 3.14. The predicted molar refractivity (Wildman–Crippen MR) is 81.6 cm³/mol. The number of hydrogen-bond donors (Lipinski definition) is 2. The van der Waals surface area contributed by atoms with Gasteiger partial charge in [0, 0.05) is 32.6 Å². The second-order valence-corrected chi connectivity index (χ2v) is 6.72. The summed E-state index contributed by atoms with van der Waals surface area (Å²) in [6.07, 6.45) is 4.49. The molecule has 1 unspecified atom stereocenters. The number of nitrogens with one attached hydrogen (secondary N) is 1. The van der Waals surface area contributed by atoms with Crippen molar-refractivity contribution in [2.75, 3.05) is 40.3 Å². The molecule has 6 nitrogen and oxygen atoms in total. The summed E-state index contributed by atoms with van der Waals surface area (Å²) < 4.78 is 0. The van der Waals surface area contributed by atoms with Gasteiger partial charge in [-0.2, -0.15) is 0 Å². The Balaban J connectivity index is 1.87. The van der Waals surface area contributed by atoms with Crippen LogP contribution in [0.1, 0.15) is 32.1 Å². The van der Waals surface area contributed by atoms with E-state index in [2.05, 4.69) is 5.32 Å². The number of carbonyl (C=O) groups excluding carboxylic acids is 2. The number of amides is 2. The van der Waals surface area contributed by atoms with Gasteiger partial charge in [0.1, 0.15) is 0 Å². The van der Waals surface area contributed by atoms with Crippen LogP contribution >= 0.6 is 0 Å². The smallest absolute Gasteiger partial charge is 0.225 e. The molecule has 0 aromatic carbocycles. The monoisotopic (exact) mass is 296 g/mol. The van der Waals surface area contributed by atoms with E-state index in [9.17, 15) is 9.59 Å². The molecule has 3 N–H and O–H groups in total. The van der Waals surface area contributed by atoms with Gasteiger partial charge in [-0.3, -0.25) is 9.59 Å². The Hall–Kier alpha value is -1.14. The fourth-order valence-corrected chi connectivity index (χ4v) is 3.28. The van der Waals surface area contributed by atoms with Crippen molar-refractivity contribution in [3.8, 4) is 0 Å². The van der Waals surface area contributed by atoms with Crippen LogP contribution in [0.2, 0.25) is 0 Å². The zero-order valence-corrected chi connectivity index (χ0v) is 13.2. The molecule has 120 valence electrons. The first-order chi connectivity index (χ1) is 9.96. The van der Waals surface area contributed by atoms with E-state index >= 15 is 0 Å². The zero-order chi connectivity index (χ0) is 15.5. The first-order valence-electron chi connectivity index (χ1n) is 7.90. The van der Waals surface area contributed by atoms with Gasteiger partial charge in [-0.05, 0) is 26.9 Å². The van der Waals surface area contributed by atoms with Crippen LogP contribution in [-0.2, 0) is 9.59 Å². The van der Waals surface area contributed by atoms with Crippen molar-refractivity contribution in [1.29, 1.82) is 0 Å². The lowest BCUT2D eigenvalue weighted by molar-refractivity contribution is -0.129. The standard InChI is InChI=1S/C15H28N4O2/c1-18(2)7-8-19-10-12(9-13(19)20)14(21)17-15(11-16)5-3-4-6-15/h12H,3-11,16H2,1-2H3,(H,17,21). The minimum atomic E-state index is -0.225. The van der Waals surface area contributed by atoms with E-state index < -0.39 is 0 Å². The number of carbonyl (C=O) groups is 2. The number of rotatable bonds is 6. The summed E-state index contributed by atoms with van der Waals surface area (Å²) in [6, 6.07) is 0. The van der Waals surface area contributed by atoms with Gasteiger partial charge in [0.05, 0.1) is 11.5 Å². The lowest BCUT2D eigenvalue weighted by atomic mass is 9.96. The molecule has 21 heavy (non-hydrogen) atoms. The largest absolute Gasteiger partial charge is 0.349 e. The average Bonchev–Trinajstić information content (AvgIpc) is 3.04. The molecule has 0 bridgehead atoms. The van der Waals surface area contributed by atoms with Crippen molar-refractivity contribution in [1.82, 2.24) is 15.1 Å². The van der Waals surface area contributed by atoms with Gasteiger partial charge >= 0.3 is 0 Å². The molecule has 1 aliphatic carbocycles. The fraction of sp³-hybridized carbons (Fsp3) is 0.867. The van der Waals surface area contributed by atoms with Crippen LogP contribution in [0.15, 0.2) is 0 Å². The quantitative estimate of drug-likeness (QED) is 0.710. The third kappa shape index (κ3) is 3.95. The molecule has 1 aliphatic heterocycles. The highest BCUT2D eigenvalue weighted by Gasteiger charge is 2.39. The maximum Gasteiger partial charge on any atom is 0.225 e. The molecule has 1 atom stereocenters. The highest BCUT2D eigenvalue weighted by atomic mass is 16.2. The van der Waals surface area contributed by atoms with Crippen molar-refractivity contribution in [3.05, 3.63) is 0 Å². The van der Waals surface area contributed by atoms with E-state index in [-0.39, 0.29) is 23.3 Å². The van der Waals surface area contributed by atoms with E-state index in [0.717, 1.165) is 32.2 Å². The molecule has 0 aromatic heterocycles. The highest BCUT2D eigenvalue weighted by molar-refractivity contribution is 5.89. The lowest BCUT2D eigenvalue weighted by Gasteiger charge is -2.30. The molecular weight excluding hydrogens is 268 g/mol. The van der Waals surface area contributed by atoms with E-state index in [0.29, 0.717) is 26.1 Å². The molecule has 1 saturated heterocycles. The number of nitrogens with zero attached hydrogens (tertiary/aromatic N) is 2. The van der Waals surface area contributed by atoms with Crippen LogP contribution in [-0.4, -0.2) is 67.4 Å². The van der Waals surface area contributed by atoms with Crippen molar-refractivity contribution in [3.63, 3.8) is 0 Å². The first-order valence-corrected chi connectivity index (χ1v) is 7.90. The van der Waals surface area contributed by atoms with Crippen molar-refractivity contribution in [2.45, 2.75) is 37.6 Å². The van der Waals surface area contributed by atoms with Crippen LogP contribution in [0.3, 0.4) is 0 Å². The second kappa shape index (κ2) is 6.75. The molecule has 2 fully saturated rings. The fourth-order valence-electron chi connectivity index (χ4n) is 3.28. The maximum absolute atomic E-state index is 12.4. The Morgan fingerprint density at radius 2 is 2.10 bits per heavy atom. The number of nitrogens with two attached hydrogens (primary N) is 1. The van der Waals surface area contributed by atoms with Crippen LogP contribution in [0.25, 0.3) is 0 Å². The van der Waals surface area contributed by atoms with Gasteiger partial charge in [0.15, 0.2) is 0 Å². The Kier molecular flexibility index (Phi) is 5.22. The van der Waals surface area contributed by atoms with Crippen molar-refractivity contribution >= 4 is 11.8 Å². The van der Waals surface area contributed by atoms with E-state index in [1.165, 1.54) is 0 Å². The van der Waals surface area contributed by atoms with Gasteiger partial charge in [-0.1, -0.05) is 12.8 Å². The molecule has 2 amide bonds. The SMILES string of the molecule is CN(C)CCN1CC(C(=O)NC2(CN)CCCC2)CC1=O. The third-order valence-electron chi connectivity index (χ3n) is 4.74. The van der Waals surface area contributed by atoms with Crippen molar-refractivity contribution in [2.24, 2.45) is 11.7 Å². The Labute approximate surface area is 127 Å². The number of likely N-dealkylation sites (N-methyl/N-ethyl adjacent to an activating group) is 1. The molecule has 0 radical (unpaired) electrons. The van der Waals surface area contributed by atoms with Gasteiger partial charge in [0.2, 0.25) is 11.8 Å². The van der Waals surface area contributed by atoms with E-state index in [1.54, 1.807) is 4.90 Å². The molecule has 1 heterocycles. The summed E-state index contributed by atoms with van der Waals surface area (Å²) in [5.41, 5.74) is 5.63.